The Hall–Kier alpha value is -4.64. The molecule has 2 aliphatic rings. The summed E-state index contributed by atoms with van der Waals surface area (Å²) in [7, 11) is 6.29. The molecule has 1 aliphatic heterocycles. The third kappa shape index (κ3) is 9.87. The molecule has 5 rings (SSSR count). The third-order valence-electron chi connectivity index (χ3n) is 10.5. The highest BCUT2D eigenvalue weighted by Crippen LogP contribution is 2.45. The summed E-state index contributed by atoms with van der Waals surface area (Å²) < 4.78 is 34.7. The third-order valence-corrected chi connectivity index (χ3v) is 10.5. The quantitative estimate of drug-likeness (QED) is 0.109. The first-order valence-corrected chi connectivity index (χ1v) is 18.8. The van der Waals surface area contributed by atoms with E-state index in [0.29, 0.717) is 66.5 Å². The van der Waals surface area contributed by atoms with Gasteiger partial charge in [0, 0.05) is 19.6 Å². The lowest BCUT2D eigenvalue weighted by molar-refractivity contribution is -0.163. The van der Waals surface area contributed by atoms with E-state index in [2.05, 4.69) is 0 Å². The number of methoxy groups -OCH3 is 4. The number of benzene rings is 3. The molecule has 53 heavy (non-hydrogen) atoms. The Morgan fingerprint density at radius 3 is 2.15 bits per heavy atom. The second-order valence-corrected chi connectivity index (χ2v) is 13.8. The Balaban J connectivity index is 1.43. The van der Waals surface area contributed by atoms with Gasteiger partial charge in [0.05, 0.1) is 41.0 Å². The van der Waals surface area contributed by atoms with Crippen molar-refractivity contribution in [3.05, 3.63) is 71.3 Å². The van der Waals surface area contributed by atoms with E-state index in [9.17, 15) is 19.8 Å². The van der Waals surface area contributed by atoms with Gasteiger partial charge in [-0.3, -0.25) is 4.79 Å². The smallest absolute Gasteiger partial charge is 0.329 e. The standard InChI is InChI=1S/C42H55NO10/c1-48-35-20-18-28(24-36(35)49-2)17-19-34(30-14-10-15-32(45)25-30)53-42(47)33-16-8-9-21-43(33)41(46)39(29-12-6-5-7-13-29)31-26-37(50-3)40(38(27-31)51-4)52-23-11-22-44/h10,14-15,18,20,24-27,29,33-34,39,44-45H,5-9,11-13,16-17,19,21-23H2,1-4H3/t33-,34+,39+/m1/s1. The van der Waals surface area contributed by atoms with Gasteiger partial charge < -0.3 is 43.5 Å². The number of hydrogen-bond donors (Lipinski definition) is 2. The Labute approximate surface area is 313 Å². The Morgan fingerprint density at radius 2 is 1.49 bits per heavy atom. The predicted octanol–water partition coefficient (Wildman–Crippen LogP) is 7.15. The van der Waals surface area contributed by atoms with Gasteiger partial charge in [-0.1, -0.05) is 37.5 Å². The van der Waals surface area contributed by atoms with Crippen LogP contribution in [0.2, 0.25) is 0 Å². The van der Waals surface area contributed by atoms with Gasteiger partial charge in [-0.15, -0.1) is 0 Å². The summed E-state index contributed by atoms with van der Waals surface area (Å²) in [5.74, 6) is 1.63. The van der Waals surface area contributed by atoms with Crippen LogP contribution in [-0.4, -0.2) is 81.2 Å². The number of amides is 1. The van der Waals surface area contributed by atoms with E-state index in [1.807, 2.05) is 36.4 Å². The fraction of sp³-hybridized carbons (Fsp3) is 0.524. The number of rotatable bonds is 17. The molecule has 1 aliphatic carbocycles. The highest BCUT2D eigenvalue weighted by molar-refractivity contribution is 5.89. The number of carbonyl (C=O) groups is 2. The van der Waals surface area contributed by atoms with Gasteiger partial charge in [-0.25, -0.2) is 4.79 Å². The number of phenolic OH excluding ortho intramolecular Hbond substituents is 1. The van der Waals surface area contributed by atoms with Crippen molar-refractivity contribution >= 4 is 11.9 Å². The van der Waals surface area contributed by atoms with E-state index >= 15 is 0 Å². The van der Waals surface area contributed by atoms with Gasteiger partial charge in [0.25, 0.3) is 0 Å². The Morgan fingerprint density at radius 1 is 0.792 bits per heavy atom. The number of ether oxygens (including phenoxy) is 6. The lowest BCUT2D eigenvalue weighted by Crippen LogP contribution is -2.51. The minimum absolute atomic E-state index is 0.00707. The van der Waals surface area contributed by atoms with Gasteiger partial charge in [-0.05, 0) is 104 Å². The molecular weight excluding hydrogens is 678 g/mol. The number of hydrogen-bond acceptors (Lipinski definition) is 10. The van der Waals surface area contributed by atoms with E-state index < -0.39 is 24.0 Å². The first kappa shape index (κ1) is 39.6. The summed E-state index contributed by atoms with van der Waals surface area (Å²) in [5, 5.41) is 19.6. The van der Waals surface area contributed by atoms with E-state index in [1.165, 1.54) is 0 Å². The second kappa shape index (κ2) is 19.4. The van der Waals surface area contributed by atoms with Crippen LogP contribution < -0.4 is 23.7 Å². The molecule has 0 spiro atoms. The molecule has 288 valence electrons. The number of aryl methyl sites for hydroxylation is 1. The molecule has 1 amide bonds. The summed E-state index contributed by atoms with van der Waals surface area (Å²) in [5.41, 5.74) is 2.41. The van der Waals surface area contributed by atoms with Crippen LogP contribution in [0.25, 0.3) is 0 Å². The lowest BCUT2D eigenvalue weighted by atomic mass is 9.75. The average molecular weight is 734 g/mol. The maximum atomic E-state index is 15.0. The fourth-order valence-corrected chi connectivity index (χ4v) is 7.74. The Kier molecular flexibility index (Phi) is 14.5. The average Bonchev–Trinajstić information content (AvgIpc) is 3.19. The molecule has 0 radical (unpaired) electrons. The van der Waals surface area contributed by atoms with Crippen molar-refractivity contribution in [3.8, 4) is 34.5 Å². The largest absolute Gasteiger partial charge is 0.508 e. The molecular formula is C42H55NO10. The van der Waals surface area contributed by atoms with E-state index in [-0.39, 0.29) is 30.8 Å². The fourth-order valence-electron chi connectivity index (χ4n) is 7.74. The van der Waals surface area contributed by atoms with Crippen LogP contribution in [0.15, 0.2) is 54.6 Å². The highest BCUT2D eigenvalue weighted by atomic mass is 16.5. The molecule has 0 unspecified atom stereocenters. The monoisotopic (exact) mass is 733 g/mol. The topological polar surface area (TPSA) is 133 Å². The van der Waals surface area contributed by atoms with Crippen LogP contribution in [0.5, 0.6) is 34.5 Å². The number of nitrogens with zero attached hydrogens (tertiary/aromatic N) is 1. The van der Waals surface area contributed by atoms with Gasteiger partial charge >= 0.3 is 5.97 Å². The number of piperidine rings is 1. The highest BCUT2D eigenvalue weighted by Gasteiger charge is 2.41. The summed E-state index contributed by atoms with van der Waals surface area (Å²) in [4.78, 5) is 31.0. The molecule has 3 aromatic rings. The molecule has 1 saturated carbocycles. The van der Waals surface area contributed by atoms with E-state index in [4.69, 9.17) is 28.4 Å². The summed E-state index contributed by atoms with van der Waals surface area (Å²) in [6.07, 6.45) is 7.85. The van der Waals surface area contributed by atoms with Gasteiger partial charge in [-0.2, -0.15) is 0 Å². The molecule has 1 saturated heterocycles. The molecule has 11 heteroatoms. The maximum absolute atomic E-state index is 15.0. The van der Waals surface area contributed by atoms with Crippen LogP contribution in [0, 0.1) is 5.92 Å². The number of aliphatic hydroxyl groups excluding tert-OH is 1. The minimum Gasteiger partial charge on any atom is -0.508 e. The van der Waals surface area contributed by atoms with Crippen LogP contribution in [0.3, 0.4) is 0 Å². The van der Waals surface area contributed by atoms with Crippen molar-refractivity contribution in [1.82, 2.24) is 4.90 Å². The van der Waals surface area contributed by atoms with Crippen molar-refractivity contribution in [2.75, 3.05) is 48.2 Å². The zero-order valence-electron chi connectivity index (χ0n) is 31.5. The van der Waals surface area contributed by atoms with E-state index in [0.717, 1.165) is 56.1 Å². The number of aromatic hydroxyl groups is 1. The molecule has 3 atom stereocenters. The molecule has 3 aromatic carbocycles. The number of esters is 1. The lowest BCUT2D eigenvalue weighted by Gasteiger charge is -2.40. The summed E-state index contributed by atoms with van der Waals surface area (Å²) >= 11 is 0. The van der Waals surface area contributed by atoms with Gasteiger partial charge in [0.2, 0.25) is 11.7 Å². The summed E-state index contributed by atoms with van der Waals surface area (Å²) in [6.45, 7) is 0.719. The number of aliphatic hydroxyl groups is 1. The van der Waals surface area contributed by atoms with Crippen molar-refractivity contribution in [2.24, 2.45) is 5.92 Å². The first-order valence-electron chi connectivity index (χ1n) is 18.8. The number of phenols is 1. The SMILES string of the molecule is COc1ccc(CC[C@H](OC(=O)[C@H]2CCCCN2C(=O)[C@H](c2cc(OC)c(OCCCO)c(OC)c2)C2CCCCC2)c2cccc(O)c2)cc1OC. The van der Waals surface area contributed by atoms with Gasteiger partial charge in [0.1, 0.15) is 17.9 Å². The normalized spacial score (nSPS) is 17.4. The summed E-state index contributed by atoms with van der Waals surface area (Å²) in [6, 6.07) is 15.4. The zero-order chi connectivity index (χ0) is 37.7. The predicted molar refractivity (Wildman–Crippen MR) is 200 cm³/mol. The van der Waals surface area contributed by atoms with Crippen LogP contribution in [-0.2, 0) is 20.7 Å². The van der Waals surface area contributed by atoms with Crippen LogP contribution in [0.1, 0.15) is 92.9 Å². The number of likely N-dealkylation sites (tertiary alicyclic amines) is 1. The molecule has 11 nitrogen and oxygen atoms in total. The second-order valence-electron chi connectivity index (χ2n) is 13.8. The van der Waals surface area contributed by atoms with Crippen molar-refractivity contribution in [3.63, 3.8) is 0 Å². The zero-order valence-corrected chi connectivity index (χ0v) is 31.5. The van der Waals surface area contributed by atoms with Gasteiger partial charge in [0.15, 0.2) is 23.0 Å². The maximum Gasteiger partial charge on any atom is 0.329 e. The molecule has 0 aromatic heterocycles. The molecule has 0 bridgehead atoms. The van der Waals surface area contributed by atoms with Crippen LogP contribution in [0.4, 0.5) is 0 Å². The number of carbonyl (C=O) groups excluding carboxylic acids is 2. The molecule has 2 fully saturated rings. The minimum atomic E-state index is -0.756. The van der Waals surface area contributed by atoms with Crippen LogP contribution >= 0.6 is 0 Å². The Bertz CT molecular complexity index is 1630. The van der Waals surface area contributed by atoms with Crippen molar-refractivity contribution in [2.45, 2.75) is 88.7 Å². The van der Waals surface area contributed by atoms with E-state index in [1.54, 1.807) is 51.5 Å². The first-order chi connectivity index (χ1) is 25.8. The van der Waals surface area contributed by atoms with Crippen molar-refractivity contribution < 1.29 is 48.2 Å². The molecule has 1 heterocycles. The van der Waals surface area contributed by atoms with Crippen molar-refractivity contribution in [1.29, 1.82) is 0 Å². The molecule has 2 N–H and O–H groups in total.